The van der Waals surface area contributed by atoms with Gasteiger partial charge in [-0.3, -0.25) is 4.79 Å². The van der Waals surface area contributed by atoms with E-state index in [9.17, 15) is 18.0 Å². The molecule has 0 fully saturated rings. The van der Waals surface area contributed by atoms with Crippen LogP contribution in [-0.4, -0.2) is 28.2 Å². The Labute approximate surface area is 141 Å². The van der Waals surface area contributed by atoms with Gasteiger partial charge in [-0.15, -0.1) is 0 Å². The summed E-state index contributed by atoms with van der Waals surface area (Å²) in [6, 6.07) is 4.24. The van der Waals surface area contributed by atoms with E-state index in [4.69, 9.17) is 4.74 Å². The molecule has 4 nitrogen and oxygen atoms in total. The van der Waals surface area contributed by atoms with E-state index >= 15 is 0 Å². The molecule has 1 amide bonds. The van der Waals surface area contributed by atoms with Crippen LogP contribution in [0.4, 0.5) is 13.2 Å². The van der Waals surface area contributed by atoms with Gasteiger partial charge in [-0.1, -0.05) is 0 Å². The van der Waals surface area contributed by atoms with Crippen molar-refractivity contribution < 1.29 is 22.7 Å². The number of hydrazone groups is 1. The summed E-state index contributed by atoms with van der Waals surface area (Å²) >= 11 is -0.202. The van der Waals surface area contributed by atoms with Gasteiger partial charge in [0.15, 0.2) is 0 Å². The normalized spacial score (nSPS) is 19.6. The van der Waals surface area contributed by atoms with Crippen molar-refractivity contribution in [3.05, 3.63) is 29.8 Å². The first kappa shape index (κ1) is 16.9. The van der Waals surface area contributed by atoms with Crippen LogP contribution in [0.2, 0.25) is 0 Å². The summed E-state index contributed by atoms with van der Waals surface area (Å²) < 4.78 is 43.7. The fourth-order valence-corrected chi connectivity index (χ4v) is 3.16. The topological polar surface area (TPSA) is 41.9 Å². The third-order valence-corrected chi connectivity index (χ3v) is 4.19. The Hall–Kier alpha value is -1.96. The molecule has 0 bridgehead atoms. The molecule has 0 saturated carbocycles. The van der Waals surface area contributed by atoms with Crippen LogP contribution in [0.1, 0.15) is 32.3 Å². The fraction of sp³-hybridized carbons (Fsp3) is 0.375. The Morgan fingerprint density at radius 1 is 1.33 bits per heavy atom. The van der Waals surface area contributed by atoms with Crippen LogP contribution >= 0.6 is 11.8 Å². The molecule has 0 atom stereocenters. The van der Waals surface area contributed by atoms with Gasteiger partial charge in [-0.05, 0) is 56.3 Å². The second kappa shape index (κ2) is 5.84. The van der Waals surface area contributed by atoms with Gasteiger partial charge in [0.25, 0.3) is 0 Å². The zero-order valence-corrected chi connectivity index (χ0v) is 13.9. The predicted octanol–water partition coefficient (Wildman–Crippen LogP) is 4.42. The first-order chi connectivity index (χ1) is 11.1. The van der Waals surface area contributed by atoms with Crippen molar-refractivity contribution in [1.82, 2.24) is 5.01 Å². The molecule has 0 aliphatic carbocycles. The Morgan fingerprint density at radius 3 is 2.75 bits per heavy atom. The largest absolute Gasteiger partial charge is 0.483 e. The summed E-state index contributed by atoms with van der Waals surface area (Å²) in [7, 11) is 0. The molecular formula is C16H15F3N2O2S. The van der Waals surface area contributed by atoms with Crippen LogP contribution in [0.25, 0.3) is 5.70 Å². The van der Waals surface area contributed by atoms with E-state index in [0.29, 0.717) is 29.9 Å². The van der Waals surface area contributed by atoms with E-state index in [-0.39, 0.29) is 22.6 Å². The molecule has 0 aromatic heterocycles. The lowest BCUT2D eigenvalue weighted by molar-refractivity contribution is -0.128. The lowest BCUT2D eigenvalue weighted by Gasteiger charge is -2.34. The first-order valence-corrected chi connectivity index (χ1v) is 8.14. The number of halogens is 3. The van der Waals surface area contributed by atoms with E-state index in [2.05, 4.69) is 5.10 Å². The summed E-state index contributed by atoms with van der Waals surface area (Å²) in [4.78, 5) is 12.2. The minimum Gasteiger partial charge on any atom is -0.483 e. The van der Waals surface area contributed by atoms with Gasteiger partial charge < -0.3 is 4.74 Å². The number of thioether (sulfide) groups is 1. The lowest BCUT2D eigenvalue weighted by atomic mass is 9.98. The molecule has 0 saturated heterocycles. The highest BCUT2D eigenvalue weighted by atomic mass is 32.2. The average molecular weight is 356 g/mol. The fourth-order valence-electron chi connectivity index (χ4n) is 2.58. The molecule has 128 valence electrons. The van der Waals surface area contributed by atoms with Crippen molar-refractivity contribution in [2.24, 2.45) is 5.10 Å². The van der Waals surface area contributed by atoms with Crippen molar-refractivity contribution in [1.29, 1.82) is 0 Å². The molecule has 0 spiro atoms. The molecule has 1 aromatic carbocycles. The first-order valence-electron chi connectivity index (χ1n) is 7.32. The van der Waals surface area contributed by atoms with Crippen LogP contribution < -0.4 is 4.74 Å². The van der Waals surface area contributed by atoms with E-state index in [0.717, 1.165) is 0 Å². The van der Waals surface area contributed by atoms with Crippen molar-refractivity contribution in [3.8, 4) is 5.75 Å². The number of rotatable bonds is 2. The molecule has 0 radical (unpaired) electrons. The van der Waals surface area contributed by atoms with Crippen LogP contribution in [0, 0.1) is 0 Å². The quantitative estimate of drug-likeness (QED) is 0.737. The minimum atomic E-state index is -4.38. The maximum absolute atomic E-state index is 12.6. The maximum atomic E-state index is 12.6. The van der Waals surface area contributed by atoms with Gasteiger partial charge in [0.05, 0.1) is 5.70 Å². The van der Waals surface area contributed by atoms with E-state index in [1.165, 1.54) is 23.2 Å². The molecule has 24 heavy (non-hydrogen) atoms. The summed E-state index contributed by atoms with van der Waals surface area (Å²) in [5, 5.41) is 5.35. The molecule has 2 aliphatic heterocycles. The number of amides is 1. The van der Waals surface area contributed by atoms with E-state index in [1.807, 2.05) is 13.8 Å². The van der Waals surface area contributed by atoms with E-state index < -0.39 is 11.1 Å². The number of benzene rings is 1. The third-order valence-electron chi connectivity index (χ3n) is 3.47. The molecule has 0 unspecified atom stereocenters. The minimum absolute atomic E-state index is 0.0314. The smallest absolute Gasteiger partial charge is 0.446 e. The second-order valence-corrected chi connectivity index (χ2v) is 7.12. The molecule has 8 heteroatoms. The van der Waals surface area contributed by atoms with Crippen molar-refractivity contribution in [2.45, 2.75) is 42.7 Å². The summed E-state index contributed by atoms with van der Waals surface area (Å²) in [5.74, 6) is 0.235. The molecule has 0 N–H and O–H groups in total. The average Bonchev–Trinajstić information content (AvgIpc) is 2.45. The second-order valence-electron chi connectivity index (χ2n) is 5.98. The number of alkyl halides is 3. The molecule has 3 rings (SSSR count). The standard InChI is InChI=1S/C16H15F3N2O2S/c1-15(2)9-12(21-14(22)4-3-7-20-21)11-8-10(24-16(17,18)19)5-6-13(11)23-15/h5-9H,3-4H2,1-2H3. The van der Waals surface area contributed by atoms with Crippen LogP contribution in [0.5, 0.6) is 5.75 Å². The summed E-state index contributed by atoms with van der Waals surface area (Å²) in [6.07, 6.45) is 4.20. The SMILES string of the molecule is CC1(C)C=C(N2N=CCCC2=O)c2cc(SC(F)(F)F)ccc2O1. The van der Waals surface area contributed by atoms with Crippen molar-refractivity contribution in [2.75, 3.05) is 0 Å². The predicted molar refractivity (Wildman–Crippen MR) is 85.6 cm³/mol. The lowest BCUT2D eigenvalue weighted by Crippen LogP contribution is -2.35. The number of nitrogens with zero attached hydrogens (tertiary/aromatic N) is 2. The number of hydrogen-bond acceptors (Lipinski definition) is 4. The van der Waals surface area contributed by atoms with E-state index in [1.54, 1.807) is 12.3 Å². The number of carbonyl (C=O) groups is 1. The van der Waals surface area contributed by atoms with Crippen molar-refractivity contribution >= 4 is 29.6 Å². The molecular weight excluding hydrogens is 341 g/mol. The highest BCUT2D eigenvalue weighted by molar-refractivity contribution is 8.00. The van der Waals surface area contributed by atoms with Gasteiger partial charge in [0, 0.05) is 23.1 Å². The number of hydrogen-bond donors (Lipinski definition) is 0. The van der Waals surface area contributed by atoms with Crippen LogP contribution in [0.15, 0.2) is 34.3 Å². The Balaban J connectivity index is 2.06. The van der Waals surface area contributed by atoms with Crippen LogP contribution in [-0.2, 0) is 4.79 Å². The Kier molecular flexibility index (Phi) is 4.11. The van der Waals surface area contributed by atoms with Crippen LogP contribution in [0.3, 0.4) is 0 Å². The molecule has 2 aliphatic rings. The Bertz CT molecular complexity index is 741. The summed E-state index contributed by atoms with van der Waals surface area (Å²) in [5.41, 5.74) is -4.21. The number of carbonyl (C=O) groups excluding carboxylic acids is 1. The monoisotopic (exact) mass is 356 g/mol. The van der Waals surface area contributed by atoms with Gasteiger partial charge in [0.1, 0.15) is 11.4 Å². The van der Waals surface area contributed by atoms with Gasteiger partial charge in [-0.25, -0.2) is 5.01 Å². The number of ether oxygens (including phenoxy) is 1. The highest BCUT2D eigenvalue weighted by Crippen LogP contribution is 2.43. The van der Waals surface area contributed by atoms with Crippen molar-refractivity contribution in [3.63, 3.8) is 0 Å². The van der Waals surface area contributed by atoms with Gasteiger partial charge >= 0.3 is 5.51 Å². The molecule has 2 heterocycles. The molecule has 1 aromatic rings. The summed E-state index contributed by atoms with van der Waals surface area (Å²) in [6.45, 7) is 3.62. The zero-order valence-electron chi connectivity index (χ0n) is 13.1. The number of fused-ring (bicyclic) bond motifs is 1. The third kappa shape index (κ3) is 3.58. The zero-order chi connectivity index (χ0) is 17.5. The van der Waals surface area contributed by atoms with Gasteiger partial charge in [0.2, 0.25) is 5.91 Å². The Morgan fingerprint density at radius 2 is 2.08 bits per heavy atom. The maximum Gasteiger partial charge on any atom is 0.446 e. The highest BCUT2D eigenvalue weighted by Gasteiger charge is 2.34. The van der Waals surface area contributed by atoms with Gasteiger partial charge in [-0.2, -0.15) is 18.3 Å².